The first-order valence-electron chi connectivity index (χ1n) is 6.23. The van der Waals surface area contributed by atoms with Gasteiger partial charge in [-0.15, -0.1) is 0 Å². The van der Waals surface area contributed by atoms with E-state index < -0.39 is 18.9 Å². The fourth-order valence-electron chi connectivity index (χ4n) is 1.65. The van der Waals surface area contributed by atoms with Gasteiger partial charge in [-0.3, -0.25) is 4.79 Å². The van der Waals surface area contributed by atoms with Crippen LogP contribution in [0.25, 0.3) is 0 Å². The van der Waals surface area contributed by atoms with E-state index in [0.717, 1.165) is 0 Å². The molecule has 2 rings (SSSR count). The van der Waals surface area contributed by atoms with E-state index in [1.807, 2.05) is 0 Å². The molecule has 1 saturated heterocycles. The van der Waals surface area contributed by atoms with E-state index in [-0.39, 0.29) is 11.8 Å². The van der Waals surface area contributed by atoms with E-state index in [1.54, 1.807) is 0 Å². The van der Waals surface area contributed by atoms with Crippen molar-refractivity contribution in [3.63, 3.8) is 0 Å². The number of hydrogen-bond acceptors (Lipinski definition) is 5. The number of carbonyl (C=O) groups excluding carboxylic acids is 1. The quantitative estimate of drug-likeness (QED) is 0.866. The lowest BCUT2D eigenvalue weighted by molar-refractivity contribution is -0.154. The van der Waals surface area contributed by atoms with Crippen LogP contribution in [0, 0.1) is 0 Å². The number of hydrogen-bond donors (Lipinski definition) is 2. The molecule has 21 heavy (non-hydrogen) atoms. The van der Waals surface area contributed by atoms with E-state index >= 15 is 0 Å². The lowest BCUT2D eigenvalue weighted by Gasteiger charge is -2.22. The molecule has 1 aliphatic rings. The van der Waals surface area contributed by atoms with Crippen LogP contribution in [0.1, 0.15) is 0 Å². The average molecular weight is 305 g/mol. The molecule has 1 unspecified atom stereocenters. The van der Waals surface area contributed by atoms with Gasteiger partial charge in [0, 0.05) is 19.2 Å². The van der Waals surface area contributed by atoms with E-state index in [4.69, 9.17) is 4.74 Å². The summed E-state index contributed by atoms with van der Waals surface area (Å²) >= 11 is 0. The van der Waals surface area contributed by atoms with Gasteiger partial charge in [0.25, 0.3) is 5.91 Å². The molecule has 1 fully saturated rings. The van der Waals surface area contributed by atoms with Crippen LogP contribution >= 0.6 is 0 Å². The first kappa shape index (κ1) is 15.5. The van der Waals surface area contributed by atoms with Crippen molar-refractivity contribution in [3.8, 4) is 5.88 Å². The Kier molecular flexibility index (Phi) is 4.97. The van der Waals surface area contributed by atoms with Gasteiger partial charge in [-0.1, -0.05) is 0 Å². The summed E-state index contributed by atoms with van der Waals surface area (Å²) in [6, 6.07) is 2.66. The second-order valence-corrected chi connectivity index (χ2v) is 4.34. The molecule has 2 heterocycles. The van der Waals surface area contributed by atoms with Crippen LogP contribution in [0.15, 0.2) is 18.3 Å². The molecule has 6 nitrogen and oxygen atoms in total. The zero-order valence-corrected chi connectivity index (χ0v) is 10.9. The van der Waals surface area contributed by atoms with Crippen LogP contribution in [0.3, 0.4) is 0 Å². The zero-order chi connectivity index (χ0) is 15.3. The van der Waals surface area contributed by atoms with Crippen LogP contribution in [-0.4, -0.2) is 49.5 Å². The summed E-state index contributed by atoms with van der Waals surface area (Å²) in [5.74, 6) is -0.506. The third-order valence-electron chi connectivity index (χ3n) is 2.61. The van der Waals surface area contributed by atoms with Crippen molar-refractivity contribution in [2.75, 3.05) is 31.6 Å². The number of ether oxygens (including phenoxy) is 2. The molecule has 9 heteroatoms. The summed E-state index contributed by atoms with van der Waals surface area (Å²) in [5, 5.41) is 5.58. The van der Waals surface area contributed by atoms with Gasteiger partial charge in [-0.05, 0) is 6.07 Å². The van der Waals surface area contributed by atoms with Gasteiger partial charge in [-0.2, -0.15) is 13.2 Å². The summed E-state index contributed by atoms with van der Waals surface area (Å²) in [5.41, 5.74) is 0.355. The minimum atomic E-state index is -4.42. The van der Waals surface area contributed by atoms with E-state index in [0.29, 0.717) is 25.4 Å². The van der Waals surface area contributed by atoms with Gasteiger partial charge in [0.1, 0.15) is 6.10 Å². The van der Waals surface area contributed by atoms with Crippen molar-refractivity contribution in [2.45, 2.75) is 12.3 Å². The molecule has 0 aromatic carbocycles. The molecule has 0 spiro atoms. The van der Waals surface area contributed by atoms with Crippen molar-refractivity contribution < 1.29 is 27.4 Å². The molecular formula is C12H14F3N3O3. The van der Waals surface area contributed by atoms with Gasteiger partial charge in [0.2, 0.25) is 5.88 Å². The number of pyridine rings is 1. The topological polar surface area (TPSA) is 72.5 Å². The third kappa shape index (κ3) is 5.20. The molecule has 0 aliphatic carbocycles. The van der Waals surface area contributed by atoms with Crippen LogP contribution in [0.2, 0.25) is 0 Å². The Balaban J connectivity index is 1.85. The predicted octanol–water partition coefficient (Wildman–Crippen LogP) is 0.950. The number of carbonyl (C=O) groups is 1. The van der Waals surface area contributed by atoms with E-state index in [9.17, 15) is 18.0 Å². The SMILES string of the molecule is O=C(Nc1ccc(OCC(F)(F)F)nc1)C1CNCCO1. The van der Waals surface area contributed by atoms with Gasteiger partial charge in [0.15, 0.2) is 6.61 Å². The van der Waals surface area contributed by atoms with Crippen molar-refractivity contribution in [1.82, 2.24) is 10.3 Å². The second-order valence-electron chi connectivity index (χ2n) is 4.34. The Bertz CT molecular complexity index is 473. The minimum Gasteiger partial charge on any atom is -0.468 e. The number of nitrogens with one attached hydrogen (secondary N) is 2. The average Bonchev–Trinajstić information content (AvgIpc) is 2.46. The predicted molar refractivity (Wildman–Crippen MR) is 67.0 cm³/mol. The standard InChI is InChI=1S/C12H14F3N3O3/c13-12(14,15)7-21-10-2-1-8(5-17-10)18-11(19)9-6-16-3-4-20-9/h1-2,5,9,16H,3-4,6-7H2,(H,18,19). The number of rotatable bonds is 4. The number of halogens is 3. The minimum absolute atomic E-state index is 0.166. The highest BCUT2D eigenvalue weighted by molar-refractivity contribution is 5.94. The molecule has 1 atom stereocenters. The smallest absolute Gasteiger partial charge is 0.422 e. The van der Waals surface area contributed by atoms with Crippen LogP contribution in [-0.2, 0) is 9.53 Å². The summed E-state index contributed by atoms with van der Waals surface area (Å²) in [7, 11) is 0. The maximum atomic E-state index is 12.0. The van der Waals surface area contributed by atoms with Crippen LogP contribution in [0.5, 0.6) is 5.88 Å². The maximum absolute atomic E-state index is 12.0. The van der Waals surface area contributed by atoms with Gasteiger partial charge >= 0.3 is 6.18 Å². The third-order valence-corrected chi connectivity index (χ3v) is 2.61. The second kappa shape index (κ2) is 6.72. The fraction of sp³-hybridized carbons (Fsp3) is 0.500. The van der Waals surface area contributed by atoms with Crippen molar-refractivity contribution in [3.05, 3.63) is 18.3 Å². The summed E-state index contributed by atoms with van der Waals surface area (Å²) in [4.78, 5) is 15.5. The number of aromatic nitrogens is 1. The zero-order valence-electron chi connectivity index (χ0n) is 10.9. The lowest BCUT2D eigenvalue weighted by atomic mass is 10.3. The molecule has 0 bridgehead atoms. The highest BCUT2D eigenvalue weighted by Crippen LogP contribution is 2.18. The van der Waals surface area contributed by atoms with Crippen LogP contribution < -0.4 is 15.4 Å². The highest BCUT2D eigenvalue weighted by Gasteiger charge is 2.28. The monoisotopic (exact) mass is 305 g/mol. The molecule has 1 aliphatic heterocycles. The number of anilines is 1. The largest absolute Gasteiger partial charge is 0.468 e. The van der Waals surface area contributed by atoms with Gasteiger partial charge in [-0.25, -0.2) is 4.98 Å². The molecule has 0 radical (unpaired) electrons. The number of amides is 1. The maximum Gasteiger partial charge on any atom is 0.422 e. The molecular weight excluding hydrogens is 291 g/mol. The molecule has 116 valence electrons. The Morgan fingerprint density at radius 3 is 2.90 bits per heavy atom. The Morgan fingerprint density at radius 1 is 1.52 bits per heavy atom. The number of alkyl halides is 3. The molecule has 0 saturated carbocycles. The summed E-state index contributed by atoms with van der Waals surface area (Å²) in [6.07, 6.45) is -3.79. The number of morpholine rings is 1. The summed E-state index contributed by atoms with van der Waals surface area (Å²) in [6.45, 7) is 0.135. The van der Waals surface area contributed by atoms with Crippen molar-refractivity contribution in [2.24, 2.45) is 0 Å². The lowest BCUT2D eigenvalue weighted by Crippen LogP contribution is -2.45. The number of nitrogens with zero attached hydrogens (tertiary/aromatic N) is 1. The van der Waals surface area contributed by atoms with Gasteiger partial charge in [0.05, 0.1) is 18.5 Å². The Hall–Kier alpha value is -1.87. The molecule has 1 aromatic rings. The normalized spacial score (nSPS) is 19.1. The fourth-order valence-corrected chi connectivity index (χ4v) is 1.65. The molecule has 2 N–H and O–H groups in total. The molecule has 1 amide bonds. The Morgan fingerprint density at radius 2 is 2.33 bits per heavy atom. The van der Waals surface area contributed by atoms with E-state index in [1.165, 1.54) is 18.3 Å². The van der Waals surface area contributed by atoms with E-state index in [2.05, 4.69) is 20.4 Å². The highest BCUT2D eigenvalue weighted by atomic mass is 19.4. The van der Waals surface area contributed by atoms with Crippen molar-refractivity contribution >= 4 is 11.6 Å². The molecule has 1 aromatic heterocycles. The first-order valence-corrected chi connectivity index (χ1v) is 6.23. The Labute approximate surface area is 118 Å². The summed E-state index contributed by atoms with van der Waals surface area (Å²) < 4.78 is 45.6. The van der Waals surface area contributed by atoms with Crippen LogP contribution in [0.4, 0.5) is 18.9 Å². The first-order chi connectivity index (χ1) is 9.94. The van der Waals surface area contributed by atoms with Crippen molar-refractivity contribution in [1.29, 1.82) is 0 Å². The van der Waals surface area contributed by atoms with Gasteiger partial charge < -0.3 is 20.1 Å².